The first-order chi connectivity index (χ1) is 13.2. The molecule has 3 aromatic rings. The number of pyridine rings is 1. The predicted molar refractivity (Wildman–Crippen MR) is 104 cm³/mol. The van der Waals surface area contributed by atoms with E-state index in [0.717, 1.165) is 28.1 Å². The van der Waals surface area contributed by atoms with Gasteiger partial charge >= 0.3 is 0 Å². The Morgan fingerprint density at radius 3 is 2.56 bits per heavy atom. The second-order valence-electron chi connectivity index (χ2n) is 6.42. The zero-order valence-corrected chi connectivity index (χ0v) is 15.4. The van der Waals surface area contributed by atoms with Crippen LogP contribution in [0.5, 0.6) is 17.2 Å². The number of methoxy groups -OCH3 is 2. The minimum absolute atomic E-state index is 0.0593. The zero-order valence-electron chi connectivity index (χ0n) is 15.4. The molecule has 0 atom stereocenters. The largest absolute Gasteiger partial charge is 0.493 e. The van der Waals surface area contributed by atoms with E-state index in [0.29, 0.717) is 31.1 Å². The summed E-state index contributed by atoms with van der Waals surface area (Å²) in [7, 11) is 3.26. The highest BCUT2D eigenvalue weighted by Crippen LogP contribution is 2.41. The van der Waals surface area contributed by atoms with Crippen molar-refractivity contribution in [2.24, 2.45) is 0 Å². The van der Waals surface area contributed by atoms with Gasteiger partial charge in [0.2, 0.25) is 0 Å². The lowest BCUT2D eigenvalue weighted by molar-refractivity contribution is 0.305. The quantitative estimate of drug-likeness (QED) is 0.694. The summed E-state index contributed by atoms with van der Waals surface area (Å²) < 4.78 is 18.6. The van der Waals surface area contributed by atoms with Gasteiger partial charge in [-0.2, -0.15) is 0 Å². The molecule has 0 amide bonds. The molecule has 1 aromatic heterocycles. The first-order valence-corrected chi connectivity index (χ1v) is 8.87. The van der Waals surface area contributed by atoms with E-state index in [1.54, 1.807) is 24.9 Å². The van der Waals surface area contributed by atoms with Crippen molar-refractivity contribution in [3.8, 4) is 28.5 Å². The summed E-state index contributed by atoms with van der Waals surface area (Å²) in [5.74, 6) is 1.99. The van der Waals surface area contributed by atoms with Crippen molar-refractivity contribution in [2.45, 2.75) is 19.6 Å². The van der Waals surface area contributed by atoms with Crippen LogP contribution in [0.3, 0.4) is 0 Å². The Balaban J connectivity index is 1.74. The standard InChI is InChI=1S/C22H21NO4/c1-25-20-9-8-17-18(22(20)26-2)10-11-23-19(17)12-16(13-21(23)24)27-14-15-6-4-3-5-7-15/h3-9,12-13H,10-11,14H2,1-2H3. The van der Waals surface area contributed by atoms with Crippen LogP contribution >= 0.6 is 0 Å². The van der Waals surface area contributed by atoms with Crippen molar-refractivity contribution >= 4 is 0 Å². The Bertz CT molecular complexity index is 1020. The Hall–Kier alpha value is -3.21. The molecule has 0 saturated carbocycles. The second kappa shape index (κ2) is 7.19. The molecule has 27 heavy (non-hydrogen) atoms. The first kappa shape index (κ1) is 17.2. The molecule has 0 radical (unpaired) electrons. The molecule has 2 aromatic carbocycles. The third-order valence-corrected chi connectivity index (χ3v) is 4.86. The highest BCUT2D eigenvalue weighted by atomic mass is 16.5. The molecule has 1 aliphatic rings. The van der Waals surface area contributed by atoms with Crippen molar-refractivity contribution in [1.82, 2.24) is 4.57 Å². The number of hydrogen-bond acceptors (Lipinski definition) is 4. The molecule has 0 unspecified atom stereocenters. The van der Waals surface area contributed by atoms with Crippen LogP contribution in [-0.4, -0.2) is 18.8 Å². The normalized spacial score (nSPS) is 12.1. The van der Waals surface area contributed by atoms with Crippen LogP contribution in [0.1, 0.15) is 11.1 Å². The number of fused-ring (bicyclic) bond motifs is 3. The lowest BCUT2D eigenvalue weighted by Crippen LogP contribution is -2.26. The smallest absolute Gasteiger partial charge is 0.254 e. The first-order valence-electron chi connectivity index (χ1n) is 8.87. The van der Waals surface area contributed by atoms with Crippen LogP contribution in [0.4, 0.5) is 0 Å². The number of nitrogens with zero attached hydrogens (tertiary/aromatic N) is 1. The van der Waals surface area contributed by atoms with Gasteiger partial charge in [0, 0.05) is 29.8 Å². The molecule has 4 rings (SSSR count). The van der Waals surface area contributed by atoms with E-state index in [-0.39, 0.29) is 5.56 Å². The van der Waals surface area contributed by atoms with Gasteiger partial charge in [0.05, 0.1) is 19.9 Å². The lowest BCUT2D eigenvalue weighted by Gasteiger charge is -2.25. The molecule has 5 nitrogen and oxygen atoms in total. The zero-order chi connectivity index (χ0) is 18.8. The van der Waals surface area contributed by atoms with Crippen LogP contribution in [0.25, 0.3) is 11.3 Å². The number of ether oxygens (including phenoxy) is 3. The summed E-state index contributed by atoms with van der Waals surface area (Å²) in [6.07, 6.45) is 0.715. The maximum atomic E-state index is 12.6. The van der Waals surface area contributed by atoms with Crippen molar-refractivity contribution in [3.63, 3.8) is 0 Å². The average Bonchev–Trinajstić information content (AvgIpc) is 2.71. The monoisotopic (exact) mass is 363 g/mol. The Kier molecular flexibility index (Phi) is 4.59. The molecule has 1 aliphatic heterocycles. The van der Waals surface area contributed by atoms with Crippen LogP contribution in [0, 0.1) is 0 Å². The van der Waals surface area contributed by atoms with Crippen molar-refractivity contribution < 1.29 is 14.2 Å². The molecule has 0 bridgehead atoms. The van der Waals surface area contributed by atoms with Gasteiger partial charge in [-0.15, -0.1) is 0 Å². The fraction of sp³-hybridized carbons (Fsp3) is 0.227. The molecule has 2 heterocycles. The van der Waals surface area contributed by atoms with E-state index in [9.17, 15) is 4.79 Å². The SMILES string of the molecule is COc1ccc2c(c1OC)CCn1c-2cc(OCc2ccccc2)cc1=O. The van der Waals surface area contributed by atoms with Crippen molar-refractivity contribution in [1.29, 1.82) is 0 Å². The third-order valence-electron chi connectivity index (χ3n) is 4.86. The van der Waals surface area contributed by atoms with Gasteiger partial charge < -0.3 is 18.8 Å². The van der Waals surface area contributed by atoms with Gasteiger partial charge in [-0.05, 0) is 24.1 Å². The Morgan fingerprint density at radius 1 is 1.00 bits per heavy atom. The number of aromatic nitrogens is 1. The van der Waals surface area contributed by atoms with E-state index < -0.39 is 0 Å². The molecular weight excluding hydrogens is 342 g/mol. The van der Waals surface area contributed by atoms with Crippen molar-refractivity contribution in [2.75, 3.05) is 14.2 Å². The van der Waals surface area contributed by atoms with E-state index in [4.69, 9.17) is 14.2 Å². The summed E-state index contributed by atoms with van der Waals surface area (Å²) in [5, 5.41) is 0. The van der Waals surface area contributed by atoms with Gasteiger partial charge in [-0.1, -0.05) is 30.3 Å². The molecule has 0 aliphatic carbocycles. The summed E-state index contributed by atoms with van der Waals surface area (Å²) in [4.78, 5) is 12.6. The molecule has 0 N–H and O–H groups in total. The molecule has 0 spiro atoms. The number of hydrogen-bond donors (Lipinski definition) is 0. The van der Waals surface area contributed by atoms with E-state index in [1.165, 1.54) is 0 Å². The van der Waals surface area contributed by atoms with E-state index in [1.807, 2.05) is 48.5 Å². The third kappa shape index (κ3) is 3.16. The summed E-state index contributed by atoms with van der Waals surface area (Å²) in [6, 6.07) is 17.2. The lowest BCUT2D eigenvalue weighted by atomic mass is 9.95. The average molecular weight is 363 g/mol. The van der Waals surface area contributed by atoms with Crippen LogP contribution in [0.2, 0.25) is 0 Å². The molecule has 138 valence electrons. The van der Waals surface area contributed by atoms with Gasteiger partial charge in [-0.25, -0.2) is 0 Å². The number of benzene rings is 2. The minimum Gasteiger partial charge on any atom is -0.493 e. The second-order valence-corrected chi connectivity index (χ2v) is 6.42. The number of rotatable bonds is 5. The predicted octanol–water partition coefficient (Wildman–Crippen LogP) is 3.67. The van der Waals surface area contributed by atoms with E-state index >= 15 is 0 Å². The molecule has 5 heteroatoms. The van der Waals surface area contributed by atoms with Crippen LogP contribution in [0.15, 0.2) is 59.4 Å². The van der Waals surface area contributed by atoms with E-state index in [2.05, 4.69) is 0 Å². The maximum Gasteiger partial charge on any atom is 0.254 e. The highest BCUT2D eigenvalue weighted by molar-refractivity contribution is 5.72. The fourth-order valence-corrected chi connectivity index (χ4v) is 3.55. The summed E-state index contributed by atoms with van der Waals surface area (Å²) >= 11 is 0. The molecular formula is C22H21NO4. The minimum atomic E-state index is -0.0593. The molecule has 0 saturated heterocycles. The van der Waals surface area contributed by atoms with Gasteiger partial charge in [0.15, 0.2) is 11.5 Å². The summed E-state index contributed by atoms with van der Waals surface area (Å²) in [6.45, 7) is 1.02. The molecule has 0 fully saturated rings. The van der Waals surface area contributed by atoms with Crippen LogP contribution in [-0.2, 0) is 19.6 Å². The Labute approximate surface area is 157 Å². The Morgan fingerprint density at radius 2 is 1.81 bits per heavy atom. The van der Waals surface area contributed by atoms with Gasteiger partial charge in [-0.3, -0.25) is 4.79 Å². The van der Waals surface area contributed by atoms with Gasteiger partial charge in [0.25, 0.3) is 5.56 Å². The highest BCUT2D eigenvalue weighted by Gasteiger charge is 2.23. The topological polar surface area (TPSA) is 49.7 Å². The van der Waals surface area contributed by atoms with Gasteiger partial charge in [0.1, 0.15) is 12.4 Å². The summed E-state index contributed by atoms with van der Waals surface area (Å²) in [5.41, 5.74) is 3.86. The van der Waals surface area contributed by atoms with Crippen molar-refractivity contribution in [3.05, 3.63) is 76.1 Å². The fourth-order valence-electron chi connectivity index (χ4n) is 3.55. The maximum absolute atomic E-state index is 12.6. The van der Waals surface area contributed by atoms with Crippen LogP contribution < -0.4 is 19.8 Å².